The fourth-order valence-corrected chi connectivity index (χ4v) is 2.51. The Labute approximate surface area is 145 Å². The van der Waals surface area contributed by atoms with Crippen LogP contribution in [0.3, 0.4) is 0 Å². The van der Waals surface area contributed by atoms with Gasteiger partial charge in [-0.3, -0.25) is 29.8 Å². The van der Waals surface area contributed by atoms with Crippen molar-refractivity contribution in [3.63, 3.8) is 0 Å². The zero-order chi connectivity index (χ0) is 18.6. The Hall–Kier alpha value is -2.90. The Balaban J connectivity index is 2.26. The summed E-state index contributed by atoms with van der Waals surface area (Å²) in [5.41, 5.74) is 5.58. The van der Waals surface area contributed by atoms with Gasteiger partial charge in [-0.1, -0.05) is 26.0 Å². The zero-order valence-corrected chi connectivity index (χ0v) is 14.8. The number of nitrogens with one attached hydrogen (secondary N) is 3. The summed E-state index contributed by atoms with van der Waals surface area (Å²) in [5, 5.41) is 3.12. The summed E-state index contributed by atoms with van der Waals surface area (Å²) in [5.74, 6) is -0.549. The second-order valence-corrected chi connectivity index (χ2v) is 6.04. The largest absolute Gasteiger partial charge is 0.344 e. The third-order valence-corrected chi connectivity index (χ3v) is 3.78. The average molecular weight is 345 g/mol. The molecule has 8 heteroatoms. The van der Waals surface area contributed by atoms with E-state index in [9.17, 15) is 14.4 Å². The minimum absolute atomic E-state index is 0.0939. The summed E-state index contributed by atoms with van der Waals surface area (Å²) in [6.45, 7) is 7.23. The molecular weight excluding hydrogens is 322 g/mol. The van der Waals surface area contributed by atoms with Crippen molar-refractivity contribution in [3.8, 4) is 0 Å². The van der Waals surface area contributed by atoms with Crippen LogP contribution in [-0.4, -0.2) is 27.4 Å². The number of hydrogen-bond donors (Lipinski definition) is 3. The van der Waals surface area contributed by atoms with E-state index in [-0.39, 0.29) is 23.3 Å². The topological polar surface area (TPSA) is 105 Å². The van der Waals surface area contributed by atoms with Crippen LogP contribution < -0.4 is 21.7 Å². The highest BCUT2D eigenvalue weighted by molar-refractivity contribution is 5.87. The van der Waals surface area contributed by atoms with Gasteiger partial charge in [0.25, 0.3) is 11.5 Å². The summed E-state index contributed by atoms with van der Waals surface area (Å²) in [7, 11) is 0. The number of fused-ring (bicyclic) bond motifs is 1. The van der Waals surface area contributed by atoms with Gasteiger partial charge in [0, 0.05) is 13.5 Å². The monoisotopic (exact) mass is 345 g/mol. The van der Waals surface area contributed by atoms with Crippen molar-refractivity contribution in [1.82, 2.24) is 20.3 Å². The lowest BCUT2D eigenvalue weighted by Crippen LogP contribution is -2.51. The van der Waals surface area contributed by atoms with Gasteiger partial charge in [0.05, 0.1) is 10.9 Å². The van der Waals surface area contributed by atoms with Crippen LogP contribution in [0.2, 0.25) is 0 Å². The van der Waals surface area contributed by atoms with Gasteiger partial charge in [0.15, 0.2) is 0 Å². The molecule has 2 rings (SSSR count). The number of aromatic nitrogens is 2. The molecule has 2 amide bonds. The molecule has 0 aliphatic carbocycles. The first-order valence-corrected chi connectivity index (χ1v) is 8.17. The van der Waals surface area contributed by atoms with Crippen LogP contribution in [0.4, 0.5) is 5.95 Å². The standard InChI is InChI=1S/C17H23N5O3/c1-5-22-16(25)12-8-6-7-9-13(12)19-17(22)21-20-15(24)14(10(2)3)18-11(4)23/h6-10,14H,5H2,1-4H3,(H,18,23)(H,19,21)(H,20,24)/t14-/m0/s1. The number of anilines is 1. The third kappa shape index (κ3) is 4.14. The highest BCUT2D eigenvalue weighted by Crippen LogP contribution is 2.10. The van der Waals surface area contributed by atoms with Crippen LogP contribution in [0.25, 0.3) is 10.9 Å². The van der Waals surface area contributed by atoms with Gasteiger partial charge in [-0.25, -0.2) is 4.98 Å². The summed E-state index contributed by atoms with van der Waals surface area (Å²) in [6, 6.07) is 6.33. The van der Waals surface area contributed by atoms with Gasteiger partial charge in [-0.15, -0.1) is 0 Å². The molecule has 1 heterocycles. The molecule has 0 spiro atoms. The van der Waals surface area contributed by atoms with E-state index in [0.717, 1.165) is 0 Å². The van der Waals surface area contributed by atoms with Crippen molar-refractivity contribution in [3.05, 3.63) is 34.6 Å². The number of hydrogen-bond acceptors (Lipinski definition) is 5. The van der Waals surface area contributed by atoms with E-state index in [0.29, 0.717) is 17.4 Å². The smallest absolute Gasteiger partial charge is 0.262 e. The molecule has 0 unspecified atom stereocenters. The quantitative estimate of drug-likeness (QED) is 0.678. The van der Waals surface area contributed by atoms with E-state index in [1.807, 2.05) is 20.8 Å². The van der Waals surface area contributed by atoms with Crippen molar-refractivity contribution >= 4 is 28.7 Å². The van der Waals surface area contributed by atoms with Crippen molar-refractivity contribution in [2.45, 2.75) is 40.3 Å². The number of amides is 2. The number of carbonyl (C=O) groups is 2. The van der Waals surface area contributed by atoms with Crippen LogP contribution >= 0.6 is 0 Å². The minimum atomic E-state index is -0.688. The van der Waals surface area contributed by atoms with Gasteiger partial charge in [-0.05, 0) is 25.0 Å². The van der Waals surface area contributed by atoms with E-state index in [1.54, 1.807) is 24.3 Å². The van der Waals surface area contributed by atoms with Crippen LogP contribution in [0.5, 0.6) is 0 Å². The predicted octanol–water partition coefficient (Wildman–Crippen LogP) is 1.02. The van der Waals surface area contributed by atoms with Crippen molar-refractivity contribution in [2.75, 3.05) is 5.43 Å². The fourth-order valence-electron chi connectivity index (χ4n) is 2.51. The lowest BCUT2D eigenvalue weighted by atomic mass is 10.0. The van der Waals surface area contributed by atoms with Crippen LogP contribution in [0.1, 0.15) is 27.7 Å². The molecule has 0 saturated heterocycles. The van der Waals surface area contributed by atoms with Gasteiger partial charge in [-0.2, -0.15) is 0 Å². The third-order valence-electron chi connectivity index (χ3n) is 3.78. The van der Waals surface area contributed by atoms with Gasteiger partial charge >= 0.3 is 0 Å². The van der Waals surface area contributed by atoms with E-state index < -0.39 is 11.9 Å². The van der Waals surface area contributed by atoms with Crippen molar-refractivity contribution in [1.29, 1.82) is 0 Å². The van der Waals surface area contributed by atoms with E-state index in [4.69, 9.17) is 0 Å². The van der Waals surface area contributed by atoms with Gasteiger partial charge in [0.2, 0.25) is 11.9 Å². The highest BCUT2D eigenvalue weighted by Gasteiger charge is 2.23. The van der Waals surface area contributed by atoms with Crippen LogP contribution in [-0.2, 0) is 16.1 Å². The lowest BCUT2D eigenvalue weighted by Gasteiger charge is -2.22. The van der Waals surface area contributed by atoms with Crippen molar-refractivity contribution < 1.29 is 9.59 Å². The molecule has 134 valence electrons. The Kier molecular flexibility index (Phi) is 5.74. The van der Waals surface area contributed by atoms with E-state index in [1.165, 1.54) is 11.5 Å². The van der Waals surface area contributed by atoms with E-state index in [2.05, 4.69) is 21.2 Å². The first kappa shape index (κ1) is 18.4. The molecule has 0 aliphatic heterocycles. The summed E-state index contributed by atoms with van der Waals surface area (Å²) >= 11 is 0. The predicted molar refractivity (Wildman–Crippen MR) is 95.9 cm³/mol. The van der Waals surface area contributed by atoms with Crippen LogP contribution in [0, 0.1) is 5.92 Å². The molecule has 0 radical (unpaired) electrons. The molecule has 0 aliphatic rings. The number of carbonyl (C=O) groups excluding carboxylic acids is 2. The maximum atomic E-state index is 12.5. The Bertz CT molecular complexity index is 844. The molecule has 2 aromatic rings. The Morgan fingerprint density at radius 2 is 1.92 bits per heavy atom. The van der Waals surface area contributed by atoms with Crippen molar-refractivity contribution in [2.24, 2.45) is 5.92 Å². The number of para-hydroxylation sites is 1. The number of benzene rings is 1. The average Bonchev–Trinajstić information content (AvgIpc) is 2.57. The second-order valence-electron chi connectivity index (χ2n) is 6.04. The minimum Gasteiger partial charge on any atom is -0.344 e. The van der Waals surface area contributed by atoms with Gasteiger partial charge in [0.1, 0.15) is 6.04 Å². The summed E-state index contributed by atoms with van der Waals surface area (Å²) < 4.78 is 1.44. The molecule has 1 aromatic carbocycles. The molecule has 8 nitrogen and oxygen atoms in total. The SMILES string of the molecule is CCn1c(NNC(=O)[C@@H](NC(C)=O)C(C)C)nc2ccccc2c1=O. The summed E-state index contributed by atoms with van der Waals surface area (Å²) in [4.78, 5) is 40.5. The highest BCUT2D eigenvalue weighted by atomic mass is 16.2. The molecule has 0 saturated carbocycles. The zero-order valence-electron chi connectivity index (χ0n) is 14.8. The number of rotatable bonds is 6. The Morgan fingerprint density at radius 1 is 1.24 bits per heavy atom. The molecule has 0 bridgehead atoms. The lowest BCUT2D eigenvalue weighted by molar-refractivity contribution is -0.128. The summed E-state index contributed by atoms with van der Waals surface area (Å²) in [6.07, 6.45) is 0. The first-order valence-electron chi connectivity index (χ1n) is 8.17. The first-order chi connectivity index (χ1) is 11.8. The maximum absolute atomic E-state index is 12.5. The number of nitrogens with zero attached hydrogens (tertiary/aromatic N) is 2. The molecule has 0 fully saturated rings. The second kappa shape index (κ2) is 7.78. The maximum Gasteiger partial charge on any atom is 0.262 e. The number of hydrazine groups is 1. The molecule has 1 atom stereocenters. The van der Waals surface area contributed by atoms with Gasteiger partial charge < -0.3 is 5.32 Å². The fraction of sp³-hybridized carbons (Fsp3) is 0.412. The molecule has 3 N–H and O–H groups in total. The molecule has 1 aromatic heterocycles. The normalized spacial score (nSPS) is 12.0. The van der Waals surface area contributed by atoms with Crippen LogP contribution in [0.15, 0.2) is 29.1 Å². The Morgan fingerprint density at radius 3 is 2.52 bits per heavy atom. The molecular formula is C17H23N5O3. The molecule has 25 heavy (non-hydrogen) atoms. The van der Waals surface area contributed by atoms with E-state index >= 15 is 0 Å².